The summed E-state index contributed by atoms with van der Waals surface area (Å²) in [6.07, 6.45) is 2.62. The Hall–Kier alpha value is -1.20. The zero-order valence-electron chi connectivity index (χ0n) is 9.59. The highest BCUT2D eigenvalue weighted by atomic mass is 16.5. The maximum absolute atomic E-state index is 5.87. The van der Waals surface area contributed by atoms with Gasteiger partial charge in [0.25, 0.3) is 0 Å². The van der Waals surface area contributed by atoms with E-state index >= 15 is 0 Å². The lowest BCUT2D eigenvalue weighted by atomic mass is 10.3. The van der Waals surface area contributed by atoms with Gasteiger partial charge in [-0.3, -0.25) is 0 Å². The van der Waals surface area contributed by atoms with Gasteiger partial charge < -0.3 is 15.4 Å². The first kappa shape index (κ1) is 11.3. The van der Waals surface area contributed by atoms with E-state index in [0.29, 0.717) is 13.2 Å². The lowest BCUT2D eigenvalue weighted by Gasteiger charge is -2.16. The van der Waals surface area contributed by atoms with E-state index < -0.39 is 0 Å². The molecule has 0 radical (unpaired) electrons. The number of ether oxygens (including phenoxy) is 1. The van der Waals surface area contributed by atoms with Crippen molar-refractivity contribution in [3.63, 3.8) is 0 Å². The third-order valence-electron chi connectivity index (χ3n) is 2.71. The standard InChI is InChI=1S/C11H18N4O/c1-2-16-7-10-5-11(14-8-13-10)15-4-3-9(12)6-15/h5,8-9H,2-4,6-7,12H2,1H3. The Bertz CT molecular complexity index is 345. The summed E-state index contributed by atoms with van der Waals surface area (Å²) in [5.41, 5.74) is 6.79. The molecule has 1 aliphatic rings. The molecule has 1 unspecified atom stereocenters. The summed E-state index contributed by atoms with van der Waals surface area (Å²) in [5, 5.41) is 0. The van der Waals surface area contributed by atoms with Crippen molar-refractivity contribution in [1.82, 2.24) is 9.97 Å². The Morgan fingerprint density at radius 1 is 1.56 bits per heavy atom. The van der Waals surface area contributed by atoms with E-state index in [4.69, 9.17) is 10.5 Å². The molecular formula is C11H18N4O. The minimum absolute atomic E-state index is 0.269. The van der Waals surface area contributed by atoms with Crippen LogP contribution in [0.2, 0.25) is 0 Å². The third-order valence-corrected chi connectivity index (χ3v) is 2.71. The SMILES string of the molecule is CCOCc1cc(N2CCC(N)C2)ncn1. The fraction of sp³-hybridized carbons (Fsp3) is 0.636. The summed E-state index contributed by atoms with van der Waals surface area (Å²) < 4.78 is 5.32. The second kappa shape index (κ2) is 5.23. The summed E-state index contributed by atoms with van der Waals surface area (Å²) in [6, 6.07) is 2.25. The van der Waals surface area contributed by atoms with Crippen LogP contribution in [0.5, 0.6) is 0 Å². The molecule has 2 heterocycles. The molecule has 2 rings (SSSR count). The molecule has 0 aliphatic carbocycles. The fourth-order valence-corrected chi connectivity index (χ4v) is 1.84. The van der Waals surface area contributed by atoms with Crippen molar-refractivity contribution in [2.45, 2.75) is 26.0 Å². The highest BCUT2D eigenvalue weighted by Crippen LogP contribution is 2.17. The van der Waals surface area contributed by atoms with Gasteiger partial charge in [-0.2, -0.15) is 0 Å². The number of anilines is 1. The van der Waals surface area contributed by atoms with Crippen molar-refractivity contribution in [1.29, 1.82) is 0 Å². The molecule has 2 N–H and O–H groups in total. The number of rotatable bonds is 4. The van der Waals surface area contributed by atoms with E-state index in [1.165, 1.54) is 0 Å². The Labute approximate surface area is 95.6 Å². The molecule has 16 heavy (non-hydrogen) atoms. The second-order valence-corrected chi connectivity index (χ2v) is 4.00. The summed E-state index contributed by atoms with van der Waals surface area (Å²) in [5.74, 6) is 0.956. The summed E-state index contributed by atoms with van der Waals surface area (Å²) in [6.45, 7) is 5.08. The summed E-state index contributed by atoms with van der Waals surface area (Å²) in [7, 11) is 0. The van der Waals surface area contributed by atoms with Gasteiger partial charge in [-0.25, -0.2) is 9.97 Å². The van der Waals surface area contributed by atoms with Crippen LogP contribution in [-0.4, -0.2) is 35.7 Å². The first-order valence-corrected chi connectivity index (χ1v) is 5.68. The van der Waals surface area contributed by atoms with Gasteiger partial charge in [0, 0.05) is 31.8 Å². The van der Waals surface area contributed by atoms with Crippen molar-refractivity contribution in [3.8, 4) is 0 Å². The lowest BCUT2D eigenvalue weighted by Crippen LogP contribution is -2.27. The molecule has 1 aromatic rings. The molecule has 1 saturated heterocycles. The normalized spacial score (nSPS) is 20.4. The number of hydrogen-bond donors (Lipinski definition) is 1. The predicted molar refractivity (Wildman–Crippen MR) is 62.2 cm³/mol. The molecule has 0 amide bonds. The van der Waals surface area contributed by atoms with Crippen LogP contribution in [0.4, 0.5) is 5.82 Å². The van der Waals surface area contributed by atoms with Gasteiger partial charge in [0.1, 0.15) is 12.1 Å². The van der Waals surface area contributed by atoms with Gasteiger partial charge in [-0.1, -0.05) is 0 Å². The Morgan fingerprint density at radius 3 is 3.12 bits per heavy atom. The third kappa shape index (κ3) is 2.68. The van der Waals surface area contributed by atoms with Crippen LogP contribution in [0.25, 0.3) is 0 Å². The van der Waals surface area contributed by atoms with Crippen molar-refractivity contribution >= 4 is 5.82 Å². The molecule has 0 aromatic carbocycles. The number of nitrogens with two attached hydrogens (primary N) is 1. The molecule has 1 atom stereocenters. The number of hydrogen-bond acceptors (Lipinski definition) is 5. The van der Waals surface area contributed by atoms with Crippen molar-refractivity contribution in [2.75, 3.05) is 24.6 Å². The zero-order chi connectivity index (χ0) is 11.4. The summed E-state index contributed by atoms with van der Waals surface area (Å²) >= 11 is 0. The maximum atomic E-state index is 5.87. The monoisotopic (exact) mass is 222 g/mol. The van der Waals surface area contributed by atoms with Gasteiger partial charge in [0.05, 0.1) is 12.3 Å². The van der Waals surface area contributed by atoms with Gasteiger partial charge in [-0.15, -0.1) is 0 Å². The molecule has 0 spiro atoms. The largest absolute Gasteiger partial charge is 0.375 e. The lowest BCUT2D eigenvalue weighted by molar-refractivity contribution is 0.131. The minimum atomic E-state index is 0.269. The molecule has 5 nitrogen and oxygen atoms in total. The van der Waals surface area contributed by atoms with Crippen LogP contribution in [0.3, 0.4) is 0 Å². The van der Waals surface area contributed by atoms with Crippen molar-refractivity contribution in [3.05, 3.63) is 18.1 Å². The van der Waals surface area contributed by atoms with Crippen molar-refractivity contribution in [2.24, 2.45) is 5.73 Å². The van der Waals surface area contributed by atoms with Crippen LogP contribution in [0, 0.1) is 0 Å². The van der Waals surface area contributed by atoms with Crippen LogP contribution in [0.1, 0.15) is 19.0 Å². The fourth-order valence-electron chi connectivity index (χ4n) is 1.84. The maximum Gasteiger partial charge on any atom is 0.132 e. The van der Waals surface area contributed by atoms with Crippen molar-refractivity contribution < 1.29 is 4.74 Å². The van der Waals surface area contributed by atoms with Crippen LogP contribution < -0.4 is 10.6 Å². The van der Waals surface area contributed by atoms with E-state index in [0.717, 1.165) is 31.0 Å². The van der Waals surface area contributed by atoms with E-state index in [-0.39, 0.29) is 6.04 Å². The molecule has 1 aliphatic heterocycles. The Kier molecular flexibility index (Phi) is 3.69. The van der Waals surface area contributed by atoms with Gasteiger partial charge in [-0.05, 0) is 13.3 Å². The van der Waals surface area contributed by atoms with E-state index in [1.54, 1.807) is 6.33 Å². The van der Waals surface area contributed by atoms with Crippen LogP contribution >= 0.6 is 0 Å². The smallest absolute Gasteiger partial charge is 0.132 e. The molecule has 1 fully saturated rings. The van der Waals surface area contributed by atoms with E-state index in [2.05, 4.69) is 14.9 Å². The summed E-state index contributed by atoms with van der Waals surface area (Å²) in [4.78, 5) is 10.6. The predicted octanol–water partition coefficient (Wildman–Crippen LogP) is 0.550. The molecular weight excluding hydrogens is 204 g/mol. The highest BCUT2D eigenvalue weighted by Gasteiger charge is 2.20. The Morgan fingerprint density at radius 2 is 2.44 bits per heavy atom. The first-order valence-electron chi connectivity index (χ1n) is 5.68. The quantitative estimate of drug-likeness (QED) is 0.806. The topological polar surface area (TPSA) is 64.3 Å². The van der Waals surface area contributed by atoms with Crippen LogP contribution in [0.15, 0.2) is 12.4 Å². The molecule has 0 bridgehead atoms. The second-order valence-electron chi connectivity index (χ2n) is 4.00. The molecule has 0 saturated carbocycles. The number of nitrogens with zero attached hydrogens (tertiary/aromatic N) is 3. The first-order chi connectivity index (χ1) is 7.79. The van der Waals surface area contributed by atoms with E-state index in [9.17, 15) is 0 Å². The molecule has 1 aromatic heterocycles. The number of aromatic nitrogens is 2. The average molecular weight is 222 g/mol. The molecule has 5 heteroatoms. The Balaban J connectivity index is 2.04. The average Bonchev–Trinajstić information content (AvgIpc) is 2.74. The van der Waals surface area contributed by atoms with Gasteiger partial charge >= 0.3 is 0 Å². The highest BCUT2D eigenvalue weighted by molar-refractivity contribution is 5.40. The van der Waals surface area contributed by atoms with Gasteiger partial charge in [0.2, 0.25) is 0 Å². The molecule has 88 valence electrons. The minimum Gasteiger partial charge on any atom is -0.375 e. The van der Waals surface area contributed by atoms with Crippen LogP contribution in [-0.2, 0) is 11.3 Å². The van der Waals surface area contributed by atoms with E-state index in [1.807, 2.05) is 13.0 Å². The zero-order valence-corrected chi connectivity index (χ0v) is 9.59. The van der Waals surface area contributed by atoms with Gasteiger partial charge in [0.15, 0.2) is 0 Å².